The third-order valence-electron chi connectivity index (χ3n) is 12.7. The van der Waals surface area contributed by atoms with Gasteiger partial charge in [0.25, 0.3) is 0 Å². The molecule has 0 bridgehead atoms. The molecule has 0 aromatic carbocycles. The largest absolute Gasteiger partial charge is 0.462 e. The van der Waals surface area contributed by atoms with Gasteiger partial charge in [-0.1, -0.05) is 261 Å². The molecule has 0 saturated carbocycles. The van der Waals surface area contributed by atoms with Crippen molar-refractivity contribution in [2.75, 3.05) is 13.2 Å². The van der Waals surface area contributed by atoms with Gasteiger partial charge in [0.2, 0.25) is 0 Å². The molecule has 0 aliphatic carbocycles. The van der Waals surface area contributed by atoms with Gasteiger partial charge in [-0.25, -0.2) is 0 Å². The molecule has 0 radical (unpaired) electrons. The number of carbonyl (C=O) groups excluding carboxylic acids is 3. The fourth-order valence-corrected chi connectivity index (χ4v) is 8.38. The molecule has 0 rings (SSSR count). The number of hydrogen-bond donors (Lipinski definition) is 0. The lowest BCUT2D eigenvalue weighted by molar-refractivity contribution is -0.167. The maximum absolute atomic E-state index is 12.8. The smallest absolute Gasteiger partial charge is 0.306 e. The summed E-state index contributed by atoms with van der Waals surface area (Å²) < 4.78 is 16.8. The van der Waals surface area contributed by atoms with E-state index in [0.29, 0.717) is 19.3 Å². The standard InChI is InChI=1S/C62H110O6/c1-4-7-10-13-16-19-22-25-26-27-28-29-30-31-32-33-34-35-38-40-43-46-49-52-55-61(64)67-58-59(68-62(65)56-53-50-47-44-41-37-24-21-18-15-12-9-6-3)57-66-60(63)54-51-48-45-42-39-36-23-20-17-14-11-8-5-2/h9,11-12,14,18,20-21,23,37,41,59H,4-8,10,13,15-17,19,22,24-36,38-40,42-58H2,1-3H3/b12-9-,14-11-,21-18-,23-20-,41-37-. The average Bonchev–Trinajstić information content (AvgIpc) is 3.34. The van der Waals surface area contributed by atoms with Crippen molar-refractivity contribution in [3.8, 4) is 0 Å². The van der Waals surface area contributed by atoms with Crippen molar-refractivity contribution in [1.29, 1.82) is 0 Å². The molecule has 0 aliphatic heterocycles. The van der Waals surface area contributed by atoms with Crippen molar-refractivity contribution in [2.45, 2.75) is 303 Å². The summed E-state index contributed by atoms with van der Waals surface area (Å²) in [4.78, 5) is 38.1. The molecule has 1 atom stereocenters. The van der Waals surface area contributed by atoms with E-state index in [1.165, 1.54) is 141 Å². The van der Waals surface area contributed by atoms with E-state index in [9.17, 15) is 14.4 Å². The van der Waals surface area contributed by atoms with Crippen LogP contribution in [0.5, 0.6) is 0 Å². The van der Waals surface area contributed by atoms with Gasteiger partial charge in [0.15, 0.2) is 6.10 Å². The van der Waals surface area contributed by atoms with Crippen LogP contribution in [0.2, 0.25) is 0 Å². The zero-order valence-corrected chi connectivity index (χ0v) is 45.1. The number of allylic oxidation sites excluding steroid dienone is 10. The molecule has 0 saturated heterocycles. The van der Waals surface area contributed by atoms with Crippen LogP contribution in [-0.4, -0.2) is 37.2 Å². The zero-order valence-electron chi connectivity index (χ0n) is 45.1. The molecule has 1 unspecified atom stereocenters. The van der Waals surface area contributed by atoms with E-state index in [4.69, 9.17) is 14.2 Å². The first-order valence-corrected chi connectivity index (χ1v) is 29.3. The maximum Gasteiger partial charge on any atom is 0.306 e. The molecule has 394 valence electrons. The van der Waals surface area contributed by atoms with E-state index in [2.05, 4.69) is 81.5 Å². The molecule has 0 N–H and O–H groups in total. The monoisotopic (exact) mass is 951 g/mol. The second-order valence-corrected chi connectivity index (χ2v) is 19.5. The lowest BCUT2D eigenvalue weighted by atomic mass is 10.0. The predicted molar refractivity (Wildman–Crippen MR) is 293 cm³/mol. The molecule has 0 aromatic rings. The van der Waals surface area contributed by atoms with E-state index in [-0.39, 0.29) is 31.1 Å². The van der Waals surface area contributed by atoms with Crippen LogP contribution >= 0.6 is 0 Å². The van der Waals surface area contributed by atoms with Gasteiger partial charge in [0.05, 0.1) is 0 Å². The number of ether oxygens (including phenoxy) is 3. The Morgan fingerprint density at radius 1 is 0.309 bits per heavy atom. The Bertz CT molecular complexity index is 1230. The summed E-state index contributed by atoms with van der Waals surface area (Å²) in [6.07, 6.45) is 70.9. The Labute approximate surface area is 421 Å². The average molecular weight is 952 g/mol. The van der Waals surface area contributed by atoms with Gasteiger partial charge in [-0.3, -0.25) is 14.4 Å². The minimum absolute atomic E-state index is 0.0884. The van der Waals surface area contributed by atoms with Crippen molar-refractivity contribution in [3.63, 3.8) is 0 Å². The van der Waals surface area contributed by atoms with Crippen molar-refractivity contribution in [3.05, 3.63) is 60.8 Å². The molecular formula is C62H110O6. The van der Waals surface area contributed by atoms with E-state index in [1.807, 2.05) is 0 Å². The summed E-state index contributed by atoms with van der Waals surface area (Å²) in [5, 5.41) is 0. The van der Waals surface area contributed by atoms with Gasteiger partial charge in [-0.05, 0) is 77.0 Å². The molecule has 6 nitrogen and oxygen atoms in total. The van der Waals surface area contributed by atoms with E-state index in [1.54, 1.807) is 0 Å². The highest BCUT2D eigenvalue weighted by atomic mass is 16.6. The van der Waals surface area contributed by atoms with Gasteiger partial charge < -0.3 is 14.2 Å². The highest BCUT2D eigenvalue weighted by Crippen LogP contribution is 2.17. The van der Waals surface area contributed by atoms with Crippen LogP contribution in [0.15, 0.2) is 60.8 Å². The SMILES string of the molecule is CC/C=C\C/C=C\C/C=C\CCCCCC(=O)OC(COC(=O)CCCCCCC/C=C\C/C=C\CCC)COC(=O)CCCCCCCCCCCCCCCCCCCCCCCCCC. The molecule has 0 fully saturated rings. The third-order valence-corrected chi connectivity index (χ3v) is 12.7. The summed E-state index contributed by atoms with van der Waals surface area (Å²) in [5.74, 6) is -0.923. The molecule has 0 aromatic heterocycles. The highest BCUT2D eigenvalue weighted by Gasteiger charge is 2.19. The van der Waals surface area contributed by atoms with Gasteiger partial charge in [0.1, 0.15) is 13.2 Å². The third kappa shape index (κ3) is 54.1. The normalized spacial score (nSPS) is 12.5. The van der Waals surface area contributed by atoms with Crippen LogP contribution in [0, 0.1) is 0 Å². The van der Waals surface area contributed by atoms with Crippen LogP contribution < -0.4 is 0 Å². The molecule has 6 heteroatoms. The quantitative estimate of drug-likeness (QED) is 0.0262. The minimum atomic E-state index is -0.793. The van der Waals surface area contributed by atoms with Crippen molar-refractivity contribution >= 4 is 17.9 Å². The Morgan fingerprint density at radius 2 is 0.603 bits per heavy atom. The van der Waals surface area contributed by atoms with E-state index >= 15 is 0 Å². The number of hydrogen-bond acceptors (Lipinski definition) is 6. The molecular weight excluding hydrogens is 841 g/mol. The lowest BCUT2D eigenvalue weighted by Gasteiger charge is -2.18. The topological polar surface area (TPSA) is 78.9 Å². The Kier molecular flexibility index (Phi) is 54.3. The van der Waals surface area contributed by atoms with Gasteiger partial charge in [-0.15, -0.1) is 0 Å². The minimum Gasteiger partial charge on any atom is -0.462 e. The first-order chi connectivity index (χ1) is 33.5. The second kappa shape index (κ2) is 56.7. The van der Waals surface area contributed by atoms with Gasteiger partial charge >= 0.3 is 17.9 Å². The fraction of sp³-hybridized carbons (Fsp3) is 0.790. The zero-order chi connectivity index (χ0) is 49.3. The summed E-state index contributed by atoms with van der Waals surface area (Å²) in [6.45, 7) is 6.45. The Balaban J connectivity index is 4.25. The van der Waals surface area contributed by atoms with E-state index in [0.717, 1.165) is 116 Å². The molecule has 68 heavy (non-hydrogen) atoms. The summed E-state index contributed by atoms with van der Waals surface area (Å²) in [5.41, 5.74) is 0. The summed E-state index contributed by atoms with van der Waals surface area (Å²) in [7, 11) is 0. The Hall–Kier alpha value is -2.89. The van der Waals surface area contributed by atoms with Crippen LogP contribution in [-0.2, 0) is 28.6 Å². The molecule has 0 amide bonds. The van der Waals surface area contributed by atoms with E-state index < -0.39 is 6.10 Å². The van der Waals surface area contributed by atoms with Crippen molar-refractivity contribution < 1.29 is 28.6 Å². The van der Waals surface area contributed by atoms with Gasteiger partial charge in [0, 0.05) is 19.3 Å². The lowest BCUT2D eigenvalue weighted by Crippen LogP contribution is -2.30. The van der Waals surface area contributed by atoms with Crippen molar-refractivity contribution in [2.24, 2.45) is 0 Å². The predicted octanol–water partition coefficient (Wildman–Crippen LogP) is 19.6. The number of esters is 3. The number of unbranched alkanes of at least 4 members (excludes halogenated alkanes) is 32. The van der Waals surface area contributed by atoms with Crippen LogP contribution in [0.4, 0.5) is 0 Å². The van der Waals surface area contributed by atoms with Crippen LogP contribution in [0.3, 0.4) is 0 Å². The highest BCUT2D eigenvalue weighted by molar-refractivity contribution is 5.71. The first-order valence-electron chi connectivity index (χ1n) is 29.3. The summed E-state index contributed by atoms with van der Waals surface area (Å²) in [6, 6.07) is 0. The molecule has 0 aliphatic rings. The summed E-state index contributed by atoms with van der Waals surface area (Å²) >= 11 is 0. The number of carbonyl (C=O) groups is 3. The first kappa shape index (κ1) is 65.1. The van der Waals surface area contributed by atoms with Gasteiger partial charge in [-0.2, -0.15) is 0 Å². The molecule has 0 heterocycles. The van der Waals surface area contributed by atoms with Crippen molar-refractivity contribution in [1.82, 2.24) is 0 Å². The fourth-order valence-electron chi connectivity index (χ4n) is 8.38. The van der Waals surface area contributed by atoms with Crippen LogP contribution in [0.1, 0.15) is 297 Å². The number of rotatable bonds is 53. The maximum atomic E-state index is 12.8. The van der Waals surface area contributed by atoms with Crippen LogP contribution in [0.25, 0.3) is 0 Å². The second-order valence-electron chi connectivity index (χ2n) is 19.5. The Morgan fingerprint density at radius 3 is 0.971 bits per heavy atom. The molecule has 0 spiro atoms.